The minimum Gasteiger partial charge on any atom is -0.493 e. The number of ether oxygens (including phenoxy) is 1. The van der Waals surface area contributed by atoms with Gasteiger partial charge in [0.2, 0.25) is 10.0 Å². The molecule has 5 rings (SSSR count). The SMILES string of the molecule is CCCc1nn(Cc2ccccc2[N+](=O)[O-])c2c(=O)[nH]c(-c3cc(S(=O)(=O)N4CCN(C)CC4)ccc3OCC)nc12. The Morgan fingerprint density at radius 3 is 2.52 bits per heavy atom. The third-order valence-electron chi connectivity index (χ3n) is 7.27. The summed E-state index contributed by atoms with van der Waals surface area (Å²) in [6.07, 6.45) is 1.25. The molecule has 2 aromatic heterocycles. The number of rotatable bonds is 10. The van der Waals surface area contributed by atoms with Crippen molar-refractivity contribution in [3.8, 4) is 17.1 Å². The van der Waals surface area contributed by atoms with Crippen molar-refractivity contribution in [2.75, 3.05) is 39.8 Å². The van der Waals surface area contributed by atoms with Crippen LogP contribution in [0.4, 0.5) is 5.69 Å². The van der Waals surface area contributed by atoms with Crippen LogP contribution < -0.4 is 10.3 Å². The molecule has 1 saturated heterocycles. The Morgan fingerprint density at radius 2 is 1.83 bits per heavy atom. The number of nitro benzene ring substituents is 1. The van der Waals surface area contributed by atoms with E-state index in [2.05, 4.69) is 15.0 Å². The van der Waals surface area contributed by atoms with E-state index in [1.54, 1.807) is 24.3 Å². The first kappa shape index (κ1) is 29.4. The molecule has 0 unspecified atom stereocenters. The lowest BCUT2D eigenvalue weighted by atomic mass is 10.1. The molecule has 0 aliphatic carbocycles. The number of aromatic amines is 1. The quantitative estimate of drug-likeness (QED) is 0.215. The average Bonchev–Trinajstić information content (AvgIpc) is 3.31. The normalized spacial score (nSPS) is 14.8. The number of likely N-dealkylation sites (N-methyl/N-ethyl adjacent to an activating group) is 1. The third kappa shape index (κ3) is 5.65. The Bertz CT molecular complexity index is 1790. The molecule has 0 radical (unpaired) electrons. The van der Waals surface area contributed by atoms with E-state index in [0.29, 0.717) is 67.3 Å². The second-order valence-electron chi connectivity index (χ2n) is 10.2. The Labute approximate surface area is 242 Å². The van der Waals surface area contributed by atoms with Crippen LogP contribution in [0.2, 0.25) is 0 Å². The van der Waals surface area contributed by atoms with E-state index >= 15 is 0 Å². The molecule has 0 amide bonds. The Hall–Kier alpha value is -4.14. The summed E-state index contributed by atoms with van der Waals surface area (Å²) >= 11 is 0. The van der Waals surface area contributed by atoms with E-state index in [1.807, 2.05) is 20.9 Å². The maximum absolute atomic E-state index is 13.6. The number of aromatic nitrogens is 4. The van der Waals surface area contributed by atoms with Crippen LogP contribution >= 0.6 is 0 Å². The van der Waals surface area contributed by atoms with Gasteiger partial charge >= 0.3 is 0 Å². The number of hydrogen-bond donors (Lipinski definition) is 1. The minimum atomic E-state index is -3.80. The minimum absolute atomic E-state index is 0.00439. The van der Waals surface area contributed by atoms with Gasteiger partial charge in [-0.2, -0.15) is 9.40 Å². The number of aryl methyl sites for hydroxylation is 1. The van der Waals surface area contributed by atoms with Crippen LogP contribution in [-0.4, -0.2) is 82.1 Å². The maximum atomic E-state index is 13.6. The first-order chi connectivity index (χ1) is 20.1. The molecule has 4 aromatic rings. The number of hydrogen-bond acceptors (Lipinski definition) is 9. The number of sulfonamides is 1. The fourth-order valence-corrected chi connectivity index (χ4v) is 6.54. The summed E-state index contributed by atoms with van der Waals surface area (Å²) in [5.74, 6) is 0.524. The zero-order chi connectivity index (χ0) is 30.0. The van der Waals surface area contributed by atoms with Gasteiger partial charge in [0, 0.05) is 32.2 Å². The smallest absolute Gasteiger partial charge is 0.277 e. The van der Waals surface area contributed by atoms with E-state index in [4.69, 9.17) is 9.72 Å². The molecule has 2 aromatic carbocycles. The zero-order valence-corrected chi connectivity index (χ0v) is 24.6. The highest BCUT2D eigenvalue weighted by Crippen LogP contribution is 2.32. The fourth-order valence-electron chi connectivity index (χ4n) is 5.10. The van der Waals surface area contributed by atoms with Crippen LogP contribution in [0.5, 0.6) is 5.75 Å². The van der Waals surface area contributed by atoms with Crippen molar-refractivity contribution in [1.82, 2.24) is 29.0 Å². The fraction of sp³-hybridized carbons (Fsp3) is 0.393. The van der Waals surface area contributed by atoms with Crippen molar-refractivity contribution < 1.29 is 18.1 Å². The Balaban J connectivity index is 1.63. The zero-order valence-electron chi connectivity index (χ0n) is 23.7. The van der Waals surface area contributed by atoms with Gasteiger partial charge in [0.15, 0.2) is 5.52 Å². The summed E-state index contributed by atoms with van der Waals surface area (Å²) in [4.78, 5) is 34.4. The molecule has 222 valence electrons. The van der Waals surface area contributed by atoms with Gasteiger partial charge in [-0.25, -0.2) is 13.4 Å². The van der Waals surface area contributed by atoms with Crippen LogP contribution in [0.25, 0.3) is 22.4 Å². The summed E-state index contributed by atoms with van der Waals surface area (Å²) in [6, 6.07) is 10.9. The molecule has 1 N–H and O–H groups in total. The number of nitrogens with zero attached hydrogens (tertiary/aromatic N) is 6. The van der Waals surface area contributed by atoms with Gasteiger partial charge in [-0.1, -0.05) is 31.5 Å². The van der Waals surface area contributed by atoms with Crippen molar-refractivity contribution in [2.24, 2.45) is 0 Å². The summed E-state index contributed by atoms with van der Waals surface area (Å²) in [5.41, 5.74) is 1.26. The molecule has 0 atom stereocenters. The number of benzene rings is 2. The first-order valence-corrected chi connectivity index (χ1v) is 15.3. The van der Waals surface area contributed by atoms with Gasteiger partial charge in [-0.3, -0.25) is 19.6 Å². The molecule has 14 heteroatoms. The second-order valence-corrected chi connectivity index (χ2v) is 12.1. The van der Waals surface area contributed by atoms with Gasteiger partial charge < -0.3 is 14.6 Å². The second kappa shape index (κ2) is 12.0. The molecule has 1 aliphatic rings. The van der Waals surface area contributed by atoms with Crippen LogP contribution in [0.1, 0.15) is 31.5 Å². The molecule has 0 spiro atoms. The molecular weight excluding hydrogens is 562 g/mol. The summed E-state index contributed by atoms with van der Waals surface area (Å²) in [5, 5.41) is 16.2. The highest BCUT2D eigenvalue weighted by molar-refractivity contribution is 7.89. The van der Waals surface area contributed by atoms with Crippen molar-refractivity contribution >= 4 is 26.7 Å². The van der Waals surface area contributed by atoms with Gasteiger partial charge in [-0.15, -0.1) is 0 Å². The topological polar surface area (TPSA) is 157 Å². The van der Waals surface area contributed by atoms with Crippen molar-refractivity contribution in [1.29, 1.82) is 0 Å². The number of nitro groups is 1. The van der Waals surface area contributed by atoms with Crippen molar-refractivity contribution in [3.63, 3.8) is 0 Å². The van der Waals surface area contributed by atoms with Crippen LogP contribution in [-0.2, 0) is 23.0 Å². The lowest BCUT2D eigenvalue weighted by Gasteiger charge is -2.31. The van der Waals surface area contributed by atoms with E-state index in [9.17, 15) is 23.3 Å². The Morgan fingerprint density at radius 1 is 1.10 bits per heavy atom. The average molecular weight is 596 g/mol. The monoisotopic (exact) mass is 595 g/mol. The highest BCUT2D eigenvalue weighted by atomic mass is 32.2. The van der Waals surface area contributed by atoms with E-state index in [0.717, 1.165) is 6.42 Å². The lowest BCUT2D eigenvalue weighted by molar-refractivity contribution is -0.385. The van der Waals surface area contributed by atoms with Gasteiger partial charge in [0.25, 0.3) is 11.2 Å². The number of fused-ring (bicyclic) bond motifs is 1. The number of para-hydroxylation sites is 1. The predicted octanol–water partition coefficient (Wildman–Crippen LogP) is 3.03. The summed E-state index contributed by atoms with van der Waals surface area (Å²) < 4.78 is 35.8. The summed E-state index contributed by atoms with van der Waals surface area (Å²) in [6.45, 7) is 6.12. The van der Waals surface area contributed by atoms with Crippen molar-refractivity contribution in [2.45, 2.75) is 38.1 Å². The van der Waals surface area contributed by atoms with Crippen LogP contribution in [0, 0.1) is 10.1 Å². The van der Waals surface area contributed by atoms with E-state index in [1.165, 1.54) is 27.2 Å². The highest BCUT2D eigenvalue weighted by Gasteiger charge is 2.29. The number of H-pyrrole nitrogens is 1. The van der Waals surface area contributed by atoms with Crippen LogP contribution in [0.3, 0.4) is 0 Å². The summed E-state index contributed by atoms with van der Waals surface area (Å²) in [7, 11) is -1.85. The van der Waals surface area contributed by atoms with Crippen molar-refractivity contribution in [3.05, 3.63) is 74.2 Å². The molecule has 0 saturated carbocycles. The predicted molar refractivity (Wildman–Crippen MR) is 157 cm³/mol. The molecular formula is C28H33N7O6S. The van der Waals surface area contributed by atoms with Gasteiger partial charge in [0.05, 0.1) is 39.8 Å². The molecule has 42 heavy (non-hydrogen) atoms. The number of piperazine rings is 1. The molecule has 1 aliphatic heterocycles. The van der Waals surface area contributed by atoms with E-state index < -0.39 is 20.5 Å². The standard InChI is InChI=1S/C28H33N7O6S/c1-4-8-22-25-26(34(31-22)18-19-9-6-7-10-23(19)35(37)38)28(36)30-27(29-25)21-17-20(11-12-24(21)41-5-2)42(39,40)33-15-13-32(3)14-16-33/h6-7,9-12,17H,4-5,8,13-16,18H2,1-3H3,(H,29,30,36). The largest absolute Gasteiger partial charge is 0.493 e. The lowest BCUT2D eigenvalue weighted by Crippen LogP contribution is -2.47. The van der Waals surface area contributed by atoms with Gasteiger partial charge in [0.1, 0.15) is 17.1 Å². The Kier molecular flexibility index (Phi) is 8.38. The first-order valence-electron chi connectivity index (χ1n) is 13.8. The van der Waals surface area contributed by atoms with Crippen LogP contribution in [0.15, 0.2) is 52.2 Å². The molecule has 13 nitrogen and oxygen atoms in total. The maximum Gasteiger partial charge on any atom is 0.277 e. The molecule has 1 fully saturated rings. The van der Waals surface area contributed by atoms with E-state index in [-0.39, 0.29) is 28.5 Å². The molecule has 0 bridgehead atoms. The number of nitrogens with one attached hydrogen (secondary N) is 1. The third-order valence-corrected chi connectivity index (χ3v) is 9.16. The molecule has 3 heterocycles. The van der Waals surface area contributed by atoms with Gasteiger partial charge in [-0.05, 0) is 38.6 Å².